The van der Waals surface area contributed by atoms with E-state index in [-0.39, 0.29) is 0 Å². The van der Waals surface area contributed by atoms with Crippen LogP contribution < -0.4 is 4.74 Å². The Morgan fingerprint density at radius 1 is 1.00 bits per heavy atom. The summed E-state index contributed by atoms with van der Waals surface area (Å²) in [4.78, 5) is 13.5. The molecule has 0 unspecified atom stereocenters. The average Bonchev–Trinajstić information content (AvgIpc) is 2.46. The Hall–Kier alpha value is -2.38. The van der Waals surface area contributed by atoms with Gasteiger partial charge in [-0.15, -0.1) is 0 Å². The minimum atomic E-state index is 0.363. The molecule has 0 fully saturated rings. The molecule has 96 valence electrons. The van der Waals surface area contributed by atoms with E-state index in [1.165, 1.54) is 11.6 Å². The lowest BCUT2D eigenvalue weighted by Crippen LogP contribution is -1.95. The Bertz CT molecular complexity index is 567. The summed E-state index contributed by atoms with van der Waals surface area (Å²) in [6.45, 7) is 2.97. The normalized spacial score (nSPS) is 9.74. The second-order valence-corrected chi connectivity index (χ2v) is 4.33. The van der Waals surface area contributed by atoms with E-state index in [2.05, 4.69) is 36.2 Å². The molecule has 0 aliphatic heterocycles. The van der Waals surface area contributed by atoms with E-state index in [0.717, 1.165) is 16.9 Å². The number of rotatable bonds is 5. The van der Waals surface area contributed by atoms with Crippen molar-refractivity contribution in [2.45, 2.75) is 20.1 Å². The number of hydrogen-bond acceptors (Lipinski definition) is 3. The summed E-state index contributed by atoms with van der Waals surface area (Å²) in [7, 11) is 0. The standard InChI is InChI=1S/C16H15NO2/c1-13-2-4-15(5-3-13)11-19-16-8-6-14(7-9-16)10-17-12-18/h2-9H,10-11H2,1H3. The Labute approximate surface area is 112 Å². The molecule has 2 aromatic carbocycles. The predicted molar refractivity (Wildman–Crippen MR) is 73.8 cm³/mol. The van der Waals surface area contributed by atoms with Crippen LogP contribution in [0.1, 0.15) is 16.7 Å². The van der Waals surface area contributed by atoms with Crippen LogP contribution >= 0.6 is 0 Å². The van der Waals surface area contributed by atoms with Gasteiger partial charge in [-0.25, -0.2) is 9.79 Å². The zero-order chi connectivity index (χ0) is 13.5. The Morgan fingerprint density at radius 3 is 2.26 bits per heavy atom. The topological polar surface area (TPSA) is 38.7 Å². The summed E-state index contributed by atoms with van der Waals surface area (Å²) in [5.74, 6) is 0.805. The van der Waals surface area contributed by atoms with Gasteiger partial charge in [-0.05, 0) is 30.2 Å². The van der Waals surface area contributed by atoms with E-state index in [1.54, 1.807) is 0 Å². The lowest BCUT2D eigenvalue weighted by molar-refractivity contribution is 0.306. The van der Waals surface area contributed by atoms with Crippen molar-refractivity contribution in [2.75, 3.05) is 0 Å². The van der Waals surface area contributed by atoms with Crippen LogP contribution in [0, 0.1) is 6.92 Å². The van der Waals surface area contributed by atoms with Gasteiger partial charge in [-0.3, -0.25) is 0 Å². The number of isocyanates is 1. The third-order valence-corrected chi connectivity index (χ3v) is 2.78. The van der Waals surface area contributed by atoms with Crippen LogP contribution in [-0.4, -0.2) is 6.08 Å². The molecule has 0 bridgehead atoms. The van der Waals surface area contributed by atoms with Crippen LogP contribution in [0.3, 0.4) is 0 Å². The van der Waals surface area contributed by atoms with Crippen LogP contribution in [0.4, 0.5) is 0 Å². The third-order valence-electron chi connectivity index (χ3n) is 2.78. The highest BCUT2D eigenvalue weighted by Gasteiger charge is 1.97. The molecule has 2 rings (SSSR count). The van der Waals surface area contributed by atoms with Crippen LogP contribution in [0.15, 0.2) is 53.5 Å². The van der Waals surface area contributed by atoms with Gasteiger partial charge in [-0.2, -0.15) is 0 Å². The second-order valence-electron chi connectivity index (χ2n) is 4.33. The van der Waals surface area contributed by atoms with Gasteiger partial charge < -0.3 is 4.74 Å². The average molecular weight is 253 g/mol. The molecule has 0 heterocycles. The van der Waals surface area contributed by atoms with Gasteiger partial charge in [0.05, 0.1) is 6.54 Å². The van der Waals surface area contributed by atoms with Crippen LogP contribution in [0.2, 0.25) is 0 Å². The summed E-state index contributed by atoms with van der Waals surface area (Å²) in [6.07, 6.45) is 1.53. The van der Waals surface area contributed by atoms with Gasteiger partial charge in [-0.1, -0.05) is 42.0 Å². The maximum atomic E-state index is 10.0. The van der Waals surface area contributed by atoms with E-state index in [4.69, 9.17) is 4.74 Å². The number of carbonyl (C=O) groups excluding carboxylic acids is 1. The smallest absolute Gasteiger partial charge is 0.235 e. The Kier molecular flexibility index (Phi) is 4.49. The summed E-state index contributed by atoms with van der Waals surface area (Å²) >= 11 is 0. The van der Waals surface area contributed by atoms with Gasteiger partial charge in [0, 0.05) is 0 Å². The quantitative estimate of drug-likeness (QED) is 0.605. The largest absolute Gasteiger partial charge is 0.489 e. The van der Waals surface area contributed by atoms with Crippen molar-refractivity contribution in [1.82, 2.24) is 0 Å². The molecule has 2 aromatic rings. The fraction of sp³-hybridized carbons (Fsp3) is 0.188. The van der Waals surface area contributed by atoms with Gasteiger partial charge in [0.15, 0.2) is 0 Å². The molecular weight excluding hydrogens is 238 g/mol. The Morgan fingerprint density at radius 2 is 1.63 bits per heavy atom. The number of benzene rings is 2. The lowest BCUT2D eigenvalue weighted by atomic mass is 10.2. The molecule has 0 N–H and O–H groups in total. The molecule has 0 spiro atoms. The van der Waals surface area contributed by atoms with Crippen LogP contribution in [0.25, 0.3) is 0 Å². The highest BCUT2D eigenvalue weighted by atomic mass is 16.5. The first-order valence-electron chi connectivity index (χ1n) is 6.09. The summed E-state index contributed by atoms with van der Waals surface area (Å²) in [5.41, 5.74) is 3.34. The highest BCUT2D eigenvalue weighted by Crippen LogP contribution is 2.15. The minimum absolute atomic E-state index is 0.363. The molecule has 3 heteroatoms. The van der Waals surface area contributed by atoms with Gasteiger partial charge >= 0.3 is 0 Å². The number of aryl methyl sites for hydroxylation is 1. The summed E-state index contributed by atoms with van der Waals surface area (Å²) < 4.78 is 5.68. The molecule has 0 aliphatic carbocycles. The zero-order valence-electron chi connectivity index (χ0n) is 10.8. The van der Waals surface area contributed by atoms with Crippen molar-refractivity contribution in [3.05, 3.63) is 65.2 Å². The van der Waals surface area contributed by atoms with Crippen molar-refractivity contribution in [1.29, 1.82) is 0 Å². The van der Waals surface area contributed by atoms with Crippen LogP contribution in [0.5, 0.6) is 5.75 Å². The molecule has 0 aromatic heterocycles. The predicted octanol–water partition coefficient (Wildman–Crippen LogP) is 3.41. The minimum Gasteiger partial charge on any atom is -0.489 e. The van der Waals surface area contributed by atoms with Gasteiger partial charge in [0.25, 0.3) is 0 Å². The van der Waals surface area contributed by atoms with Crippen LogP contribution in [-0.2, 0) is 17.9 Å². The molecule has 0 saturated carbocycles. The van der Waals surface area contributed by atoms with Crippen molar-refractivity contribution in [2.24, 2.45) is 4.99 Å². The number of nitrogens with zero attached hydrogens (tertiary/aromatic N) is 1. The molecule has 0 atom stereocenters. The van der Waals surface area contributed by atoms with Crippen molar-refractivity contribution < 1.29 is 9.53 Å². The van der Waals surface area contributed by atoms with E-state index >= 15 is 0 Å². The molecule has 0 saturated heterocycles. The summed E-state index contributed by atoms with van der Waals surface area (Å²) in [6, 6.07) is 15.8. The van der Waals surface area contributed by atoms with Gasteiger partial charge in [0.2, 0.25) is 6.08 Å². The van der Waals surface area contributed by atoms with E-state index < -0.39 is 0 Å². The van der Waals surface area contributed by atoms with Gasteiger partial charge in [0.1, 0.15) is 12.4 Å². The van der Waals surface area contributed by atoms with Crippen molar-refractivity contribution in [3.8, 4) is 5.75 Å². The molecule has 0 radical (unpaired) electrons. The number of ether oxygens (including phenoxy) is 1. The first-order valence-corrected chi connectivity index (χ1v) is 6.09. The number of aliphatic imine (C=N–C) groups is 1. The van der Waals surface area contributed by atoms with E-state index in [0.29, 0.717) is 13.2 Å². The van der Waals surface area contributed by atoms with E-state index in [1.807, 2.05) is 24.3 Å². The first-order chi connectivity index (χ1) is 9.28. The first kappa shape index (κ1) is 13.1. The van der Waals surface area contributed by atoms with Crippen molar-refractivity contribution >= 4 is 6.08 Å². The lowest BCUT2D eigenvalue weighted by Gasteiger charge is -2.07. The Balaban J connectivity index is 1.92. The van der Waals surface area contributed by atoms with Crippen molar-refractivity contribution in [3.63, 3.8) is 0 Å². The highest BCUT2D eigenvalue weighted by molar-refractivity contribution is 5.34. The fourth-order valence-electron chi connectivity index (χ4n) is 1.67. The molecular formula is C16H15NO2. The van der Waals surface area contributed by atoms with E-state index in [9.17, 15) is 4.79 Å². The monoisotopic (exact) mass is 253 g/mol. The molecule has 3 nitrogen and oxygen atoms in total. The maximum Gasteiger partial charge on any atom is 0.235 e. The summed E-state index contributed by atoms with van der Waals surface area (Å²) in [5, 5.41) is 0. The SMILES string of the molecule is Cc1ccc(COc2ccc(CN=C=O)cc2)cc1. The second kappa shape index (κ2) is 6.53. The molecule has 0 aliphatic rings. The maximum absolute atomic E-state index is 10.0. The zero-order valence-corrected chi connectivity index (χ0v) is 10.8. The molecule has 19 heavy (non-hydrogen) atoms. The third kappa shape index (κ3) is 4.09. The number of hydrogen-bond donors (Lipinski definition) is 0. The fourth-order valence-corrected chi connectivity index (χ4v) is 1.67. The molecule has 0 amide bonds.